The molecular formula is C30H38F2N4O4Si. The second-order valence-electron chi connectivity index (χ2n) is 12.7. The summed E-state index contributed by atoms with van der Waals surface area (Å²) in [4.78, 5) is 26.0. The molecule has 1 aromatic heterocycles. The summed E-state index contributed by atoms with van der Waals surface area (Å²) in [6.07, 6.45) is 1.02. The summed E-state index contributed by atoms with van der Waals surface area (Å²) in [7, 11) is 0.237. The number of fused-ring (bicyclic) bond motifs is 3. The Labute approximate surface area is 240 Å². The second-order valence-corrected chi connectivity index (χ2v) is 18.3. The van der Waals surface area contributed by atoms with Crippen molar-refractivity contribution >= 4 is 20.1 Å². The molecule has 1 aliphatic heterocycles. The minimum Gasteiger partial charge on any atom is -0.444 e. The minimum atomic E-state index is -1.35. The van der Waals surface area contributed by atoms with Gasteiger partial charge in [-0.05, 0) is 56.1 Å². The normalized spacial score (nSPS) is 14.5. The molecule has 0 fully saturated rings. The van der Waals surface area contributed by atoms with Crippen molar-refractivity contribution in [1.29, 1.82) is 0 Å². The number of nitrogens with two attached hydrogens (primary N) is 1. The molecule has 2 amide bonds. The predicted molar refractivity (Wildman–Crippen MR) is 156 cm³/mol. The molecule has 0 saturated heterocycles. The maximum atomic E-state index is 15.6. The molecule has 0 bridgehead atoms. The molecule has 1 atom stereocenters. The van der Waals surface area contributed by atoms with Crippen molar-refractivity contribution in [3.63, 3.8) is 0 Å². The highest BCUT2D eigenvalue weighted by Crippen LogP contribution is 2.45. The fourth-order valence-corrected chi connectivity index (χ4v) is 5.59. The Kier molecular flexibility index (Phi) is 8.42. The number of ether oxygens (including phenoxy) is 2. The number of rotatable bonds is 9. The van der Waals surface area contributed by atoms with Crippen molar-refractivity contribution in [2.45, 2.75) is 64.5 Å². The highest BCUT2D eigenvalue weighted by atomic mass is 28.3. The third-order valence-electron chi connectivity index (χ3n) is 6.82. The first-order chi connectivity index (χ1) is 19.1. The Balaban J connectivity index is 1.69. The molecule has 0 radical (unpaired) electrons. The van der Waals surface area contributed by atoms with Crippen LogP contribution in [0.3, 0.4) is 0 Å². The van der Waals surface area contributed by atoms with Crippen LogP contribution in [0.1, 0.15) is 53.9 Å². The predicted octanol–water partition coefficient (Wildman–Crippen LogP) is 6.08. The summed E-state index contributed by atoms with van der Waals surface area (Å²) in [5.41, 5.74) is 7.84. The Morgan fingerprint density at radius 2 is 1.83 bits per heavy atom. The van der Waals surface area contributed by atoms with Gasteiger partial charge in [-0.25, -0.2) is 18.3 Å². The molecule has 2 N–H and O–H groups in total. The van der Waals surface area contributed by atoms with Crippen molar-refractivity contribution in [2.24, 2.45) is 5.73 Å². The van der Waals surface area contributed by atoms with Gasteiger partial charge in [0.15, 0.2) is 0 Å². The molecule has 2 aromatic carbocycles. The van der Waals surface area contributed by atoms with Gasteiger partial charge in [-0.1, -0.05) is 31.8 Å². The van der Waals surface area contributed by atoms with E-state index in [1.807, 2.05) is 0 Å². The maximum absolute atomic E-state index is 15.6. The Morgan fingerprint density at radius 1 is 1.12 bits per heavy atom. The van der Waals surface area contributed by atoms with Crippen LogP contribution in [-0.2, 0) is 16.0 Å². The molecule has 1 aliphatic rings. The standard InChI is InChI=1S/C30H38F2N4O4Si/c1-30(2,3)40-29(38)35(4)16-18-8-9-20(25(32)12-18)23-15-34-36-26-21(13-19(31)14-22(26)28(33)37)24(27(23)36)17-39-10-11-41(5,6)7/h8-9,12-15,24H,10-11,16-17H2,1-7H3,(H2,33,37). The van der Waals surface area contributed by atoms with Crippen LogP contribution < -0.4 is 5.73 Å². The summed E-state index contributed by atoms with van der Waals surface area (Å²) < 4.78 is 43.3. The molecule has 1 unspecified atom stereocenters. The van der Waals surface area contributed by atoms with Crippen LogP contribution in [0.2, 0.25) is 25.7 Å². The Hall–Kier alpha value is -3.57. The zero-order chi connectivity index (χ0) is 30.3. The van der Waals surface area contributed by atoms with Gasteiger partial charge in [-0.15, -0.1) is 0 Å². The number of hydrogen-bond acceptors (Lipinski definition) is 5. The molecule has 4 rings (SSSR count). The zero-order valence-electron chi connectivity index (χ0n) is 24.7. The van der Waals surface area contributed by atoms with Gasteiger partial charge in [-0.3, -0.25) is 4.79 Å². The van der Waals surface area contributed by atoms with E-state index in [-0.39, 0.29) is 24.3 Å². The first kappa shape index (κ1) is 30.4. The van der Waals surface area contributed by atoms with Crippen LogP contribution in [0.5, 0.6) is 0 Å². The molecule has 0 spiro atoms. The molecule has 11 heteroatoms. The lowest BCUT2D eigenvalue weighted by molar-refractivity contribution is 0.0285. The fraction of sp³-hybridized carbons (Fsp3) is 0.433. The average Bonchev–Trinajstić information content (AvgIpc) is 3.38. The summed E-state index contributed by atoms with van der Waals surface area (Å²) in [5.74, 6) is -2.38. The number of hydrogen-bond donors (Lipinski definition) is 1. The second kappa shape index (κ2) is 11.4. The number of halogens is 2. The van der Waals surface area contributed by atoms with Gasteiger partial charge in [-0.2, -0.15) is 5.10 Å². The van der Waals surface area contributed by atoms with Gasteiger partial charge in [0.05, 0.1) is 35.7 Å². The highest BCUT2D eigenvalue weighted by Gasteiger charge is 2.37. The lowest BCUT2D eigenvalue weighted by Crippen LogP contribution is -2.33. The molecule has 8 nitrogen and oxygen atoms in total. The van der Waals surface area contributed by atoms with Gasteiger partial charge in [0.2, 0.25) is 0 Å². The van der Waals surface area contributed by atoms with E-state index >= 15 is 4.39 Å². The number of carbonyl (C=O) groups is 2. The van der Waals surface area contributed by atoms with Crippen molar-refractivity contribution < 1.29 is 27.8 Å². The average molecular weight is 585 g/mol. The van der Waals surface area contributed by atoms with Crippen molar-refractivity contribution in [1.82, 2.24) is 14.7 Å². The summed E-state index contributed by atoms with van der Waals surface area (Å²) in [6.45, 7) is 13.0. The number of benzene rings is 2. The van der Waals surface area contributed by atoms with Crippen LogP contribution in [0, 0.1) is 11.6 Å². The van der Waals surface area contributed by atoms with E-state index in [0.717, 1.165) is 12.1 Å². The van der Waals surface area contributed by atoms with Crippen LogP contribution in [0.4, 0.5) is 13.6 Å². The van der Waals surface area contributed by atoms with E-state index in [9.17, 15) is 14.0 Å². The third-order valence-corrected chi connectivity index (χ3v) is 8.53. The van der Waals surface area contributed by atoms with Gasteiger partial charge in [0.1, 0.15) is 17.2 Å². The maximum Gasteiger partial charge on any atom is 0.410 e. The first-order valence-electron chi connectivity index (χ1n) is 13.6. The summed E-state index contributed by atoms with van der Waals surface area (Å²) in [5, 5.41) is 4.48. The lowest BCUT2D eigenvalue weighted by atomic mass is 9.92. The Bertz CT molecular complexity index is 1480. The van der Waals surface area contributed by atoms with Gasteiger partial charge < -0.3 is 20.1 Å². The fourth-order valence-electron chi connectivity index (χ4n) is 4.84. The molecule has 3 aromatic rings. The lowest BCUT2D eigenvalue weighted by Gasteiger charge is -2.24. The number of carbonyl (C=O) groups excluding carboxylic acids is 2. The van der Waals surface area contributed by atoms with E-state index in [1.165, 1.54) is 23.2 Å². The SMILES string of the molecule is CN(Cc1ccc(-c2cnn3c2C(COCC[Si](C)(C)C)c2cc(F)cc(C(N)=O)c2-3)c(F)c1)C(=O)OC(C)(C)C. The first-order valence-corrected chi connectivity index (χ1v) is 17.3. The van der Waals surface area contributed by atoms with Gasteiger partial charge >= 0.3 is 6.09 Å². The van der Waals surface area contributed by atoms with Crippen molar-refractivity contribution in [3.05, 3.63) is 70.5 Å². The molecule has 220 valence electrons. The van der Waals surface area contributed by atoms with Crippen molar-refractivity contribution in [2.75, 3.05) is 20.3 Å². The minimum absolute atomic E-state index is 0.00139. The van der Waals surface area contributed by atoms with E-state index in [4.69, 9.17) is 15.2 Å². The van der Waals surface area contributed by atoms with Gasteiger partial charge in [0.25, 0.3) is 5.91 Å². The smallest absolute Gasteiger partial charge is 0.410 e. The van der Waals surface area contributed by atoms with Crippen molar-refractivity contribution in [3.8, 4) is 16.8 Å². The van der Waals surface area contributed by atoms with E-state index in [0.29, 0.717) is 34.7 Å². The molecular weight excluding hydrogens is 546 g/mol. The van der Waals surface area contributed by atoms with E-state index in [2.05, 4.69) is 24.7 Å². The third kappa shape index (κ3) is 6.84. The highest BCUT2D eigenvalue weighted by molar-refractivity contribution is 6.76. The number of nitrogens with zero attached hydrogens (tertiary/aromatic N) is 3. The quantitative estimate of drug-likeness (QED) is 0.243. The summed E-state index contributed by atoms with van der Waals surface area (Å²) >= 11 is 0. The monoisotopic (exact) mass is 584 g/mol. The van der Waals surface area contributed by atoms with E-state index < -0.39 is 43.2 Å². The molecule has 41 heavy (non-hydrogen) atoms. The molecule has 0 saturated carbocycles. The molecule has 2 heterocycles. The van der Waals surface area contributed by atoms with E-state index in [1.54, 1.807) is 44.6 Å². The van der Waals surface area contributed by atoms with Crippen LogP contribution in [0.25, 0.3) is 16.8 Å². The van der Waals surface area contributed by atoms with Crippen LogP contribution in [-0.4, -0.2) is 60.6 Å². The zero-order valence-corrected chi connectivity index (χ0v) is 25.7. The number of amides is 2. The summed E-state index contributed by atoms with van der Waals surface area (Å²) in [6, 6.07) is 8.14. The van der Waals surface area contributed by atoms with Crippen LogP contribution in [0.15, 0.2) is 36.5 Å². The van der Waals surface area contributed by atoms with Gasteiger partial charge in [0, 0.05) is 39.4 Å². The largest absolute Gasteiger partial charge is 0.444 e. The Morgan fingerprint density at radius 3 is 2.44 bits per heavy atom. The van der Waals surface area contributed by atoms with Crippen LogP contribution >= 0.6 is 0 Å². The number of aromatic nitrogens is 2. The molecule has 0 aliphatic carbocycles. The number of primary amides is 1. The topological polar surface area (TPSA) is 99.7 Å².